The standard InChI is InChI=1S/C12H22N2/c1-4-12(5-2)10(3)14-9-11-6-7-13-8-11/h6-8,10,12-14H,4-5,9H2,1-3H3. The maximum absolute atomic E-state index is 3.57. The maximum Gasteiger partial charge on any atom is 0.0223 e. The summed E-state index contributed by atoms with van der Waals surface area (Å²) in [6, 6.07) is 2.73. The van der Waals surface area contributed by atoms with Gasteiger partial charge in [-0.15, -0.1) is 0 Å². The molecule has 2 heteroatoms. The third-order valence-corrected chi connectivity index (χ3v) is 3.05. The summed E-state index contributed by atoms with van der Waals surface area (Å²) >= 11 is 0. The first-order chi connectivity index (χ1) is 6.77. The fraction of sp³-hybridized carbons (Fsp3) is 0.667. The molecule has 0 aromatic carbocycles. The lowest BCUT2D eigenvalue weighted by Gasteiger charge is -2.22. The molecule has 1 rings (SSSR count). The fourth-order valence-electron chi connectivity index (χ4n) is 1.91. The number of nitrogens with one attached hydrogen (secondary N) is 2. The molecule has 0 aliphatic heterocycles. The molecule has 0 bridgehead atoms. The maximum atomic E-state index is 3.57. The van der Waals surface area contributed by atoms with Crippen molar-refractivity contribution in [3.8, 4) is 0 Å². The average Bonchev–Trinajstić information content (AvgIpc) is 2.69. The van der Waals surface area contributed by atoms with Crippen LogP contribution in [0, 0.1) is 5.92 Å². The number of hydrogen-bond donors (Lipinski definition) is 2. The van der Waals surface area contributed by atoms with Crippen molar-refractivity contribution in [2.45, 2.75) is 46.2 Å². The molecule has 2 nitrogen and oxygen atoms in total. The second-order valence-electron chi connectivity index (χ2n) is 3.97. The molecule has 1 unspecified atom stereocenters. The summed E-state index contributed by atoms with van der Waals surface area (Å²) in [5.74, 6) is 0.800. The van der Waals surface area contributed by atoms with Gasteiger partial charge in [0.15, 0.2) is 0 Å². The summed E-state index contributed by atoms with van der Waals surface area (Å²) in [4.78, 5) is 3.07. The van der Waals surface area contributed by atoms with Crippen molar-refractivity contribution in [2.24, 2.45) is 5.92 Å². The highest BCUT2D eigenvalue weighted by molar-refractivity contribution is 5.07. The molecule has 0 aliphatic carbocycles. The van der Waals surface area contributed by atoms with Crippen LogP contribution >= 0.6 is 0 Å². The van der Waals surface area contributed by atoms with E-state index in [-0.39, 0.29) is 0 Å². The summed E-state index contributed by atoms with van der Waals surface area (Å²) in [6.45, 7) is 7.79. The zero-order valence-corrected chi connectivity index (χ0v) is 9.51. The van der Waals surface area contributed by atoms with Gasteiger partial charge in [0.05, 0.1) is 0 Å². The highest BCUT2D eigenvalue weighted by atomic mass is 14.9. The second-order valence-corrected chi connectivity index (χ2v) is 3.97. The normalized spacial score (nSPS) is 13.4. The molecule has 0 saturated carbocycles. The van der Waals surface area contributed by atoms with E-state index in [2.05, 4.69) is 37.1 Å². The Morgan fingerprint density at radius 2 is 2.07 bits per heavy atom. The molecular formula is C12H22N2. The minimum absolute atomic E-state index is 0.611. The van der Waals surface area contributed by atoms with Crippen molar-refractivity contribution in [3.05, 3.63) is 24.0 Å². The molecule has 1 heterocycles. The van der Waals surface area contributed by atoms with Crippen molar-refractivity contribution in [2.75, 3.05) is 0 Å². The van der Waals surface area contributed by atoms with Crippen LogP contribution in [0.3, 0.4) is 0 Å². The Morgan fingerprint density at radius 1 is 1.36 bits per heavy atom. The van der Waals surface area contributed by atoms with Crippen LogP contribution in [0.4, 0.5) is 0 Å². The van der Waals surface area contributed by atoms with Crippen molar-refractivity contribution >= 4 is 0 Å². The molecule has 1 aromatic heterocycles. The third-order valence-electron chi connectivity index (χ3n) is 3.05. The van der Waals surface area contributed by atoms with Crippen molar-refractivity contribution in [1.29, 1.82) is 0 Å². The van der Waals surface area contributed by atoms with Crippen molar-refractivity contribution in [3.63, 3.8) is 0 Å². The van der Waals surface area contributed by atoms with Gasteiger partial charge in [-0.25, -0.2) is 0 Å². The van der Waals surface area contributed by atoms with Gasteiger partial charge >= 0.3 is 0 Å². The van der Waals surface area contributed by atoms with Crippen LogP contribution in [-0.4, -0.2) is 11.0 Å². The Balaban J connectivity index is 2.30. The van der Waals surface area contributed by atoms with Gasteiger partial charge in [-0.3, -0.25) is 0 Å². The van der Waals surface area contributed by atoms with Gasteiger partial charge < -0.3 is 10.3 Å². The highest BCUT2D eigenvalue weighted by Gasteiger charge is 2.12. The van der Waals surface area contributed by atoms with Crippen LogP contribution < -0.4 is 5.32 Å². The van der Waals surface area contributed by atoms with E-state index in [0.29, 0.717) is 6.04 Å². The van der Waals surface area contributed by atoms with Crippen LogP contribution in [0.25, 0.3) is 0 Å². The first-order valence-corrected chi connectivity index (χ1v) is 5.63. The Hall–Kier alpha value is -0.760. The van der Waals surface area contributed by atoms with Crippen molar-refractivity contribution in [1.82, 2.24) is 10.3 Å². The first-order valence-electron chi connectivity index (χ1n) is 5.63. The van der Waals surface area contributed by atoms with Crippen LogP contribution in [0.2, 0.25) is 0 Å². The molecular weight excluding hydrogens is 172 g/mol. The Morgan fingerprint density at radius 3 is 2.57 bits per heavy atom. The first kappa shape index (κ1) is 11.3. The number of aromatic nitrogens is 1. The molecule has 2 N–H and O–H groups in total. The molecule has 0 radical (unpaired) electrons. The number of aromatic amines is 1. The van der Waals surface area contributed by atoms with E-state index in [1.165, 1.54) is 18.4 Å². The largest absolute Gasteiger partial charge is 0.367 e. The van der Waals surface area contributed by atoms with E-state index in [1.54, 1.807) is 0 Å². The zero-order valence-electron chi connectivity index (χ0n) is 9.51. The molecule has 14 heavy (non-hydrogen) atoms. The van der Waals surface area contributed by atoms with Gasteiger partial charge in [0, 0.05) is 25.0 Å². The summed E-state index contributed by atoms with van der Waals surface area (Å²) in [5.41, 5.74) is 1.34. The summed E-state index contributed by atoms with van der Waals surface area (Å²) in [5, 5.41) is 3.57. The second kappa shape index (κ2) is 5.86. The summed E-state index contributed by atoms with van der Waals surface area (Å²) in [7, 11) is 0. The molecule has 0 aliphatic rings. The summed E-state index contributed by atoms with van der Waals surface area (Å²) in [6.07, 6.45) is 6.54. The van der Waals surface area contributed by atoms with Crippen LogP contribution in [0.1, 0.15) is 39.2 Å². The Labute approximate surface area is 87.1 Å². The van der Waals surface area contributed by atoms with E-state index >= 15 is 0 Å². The smallest absolute Gasteiger partial charge is 0.0223 e. The topological polar surface area (TPSA) is 27.8 Å². The van der Waals surface area contributed by atoms with E-state index in [0.717, 1.165) is 12.5 Å². The number of rotatable bonds is 6. The van der Waals surface area contributed by atoms with E-state index in [4.69, 9.17) is 0 Å². The highest BCUT2D eigenvalue weighted by Crippen LogP contribution is 2.13. The third kappa shape index (κ3) is 3.18. The van der Waals surface area contributed by atoms with E-state index in [1.807, 2.05) is 12.4 Å². The Bertz CT molecular complexity index is 224. The van der Waals surface area contributed by atoms with Gasteiger partial charge in [-0.1, -0.05) is 26.7 Å². The predicted molar refractivity (Wildman–Crippen MR) is 61.2 cm³/mol. The lowest BCUT2D eigenvalue weighted by molar-refractivity contribution is 0.353. The average molecular weight is 194 g/mol. The lowest BCUT2D eigenvalue weighted by atomic mass is 9.95. The van der Waals surface area contributed by atoms with E-state index < -0.39 is 0 Å². The van der Waals surface area contributed by atoms with Crippen LogP contribution in [0.15, 0.2) is 18.5 Å². The lowest BCUT2D eigenvalue weighted by Crippen LogP contribution is -2.32. The molecule has 1 aromatic rings. The monoisotopic (exact) mass is 194 g/mol. The van der Waals surface area contributed by atoms with Gasteiger partial charge in [0.25, 0.3) is 0 Å². The molecule has 0 saturated heterocycles. The molecule has 80 valence electrons. The SMILES string of the molecule is CCC(CC)C(C)NCc1cc[nH]c1. The Kier molecular flexibility index (Phi) is 4.74. The molecule has 0 fully saturated rings. The van der Waals surface area contributed by atoms with Crippen LogP contribution in [0.5, 0.6) is 0 Å². The zero-order chi connectivity index (χ0) is 10.4. The molecule has 0 amide bonds. The minimum atomic E-state index is 0.611. The van der Waals surface area contributed by atoms with Gasteiger partial charge in [-0.05, 0) is 24.5 Å². The van der Waals surface area contributed by atoms with Crippen molar-refractivity contribution < 1.29 is 0 Å². The molecule has 0 spiro atoms. The fourth-order valence-corrected chi connectivity index (χ4v) is 1.91. The number of hydrogen-bond acceptors (Lipinski definition) is 1. The summed E-state index contributed by atoms with van der Waals surface area (Å²) < 4.78 is 0. The molecule has 1 atom stereocenters. The minimum Gasteiger partial charge on any atom is -0.367 e. The number of H-pyrrole nitrogens is 1. The van der Waals surface area contributed by atoms with Gasteiger partial charge in [0.2, 0.25) is 0 Å². The van der Waals surface area contributed by atoms with E-state index in [9.17, 15) is 0 Å². The van der Waals surface area contributed by atoms with Crippen LogP contribution in [-0.2, 0) is 6.54 Å². The quantitative estimate of drug-likeness (QED) is 0.716. The predicted octanol–water partition coefficient (Wildman–Crippen LogP) is 2.93. The van der Waals surface area contributed by atoms with Gasteiger partial charge in [0.1, 0.15) is 0 Å². The van der Waals surface area contributed by atoms with Gasteiger partial charge in [-0.2, -0.15) is 0 Å².